The van der Waals surface area contributed by atoms with Crippen LogP contribution in [0, 0.1) is 28.6 Å². The van der Waals surface area contributed by atoms with E-state index in [1.54, 1.807) is 0 Å². The Morgan fingerprint density at radius 2 is 1.88 bits per heavy atom. The zero-order chi connectivity index (χ0) is 18.0. The van der Waals surface area contributed by atoms with Crippen LogP contribution >= 0.6 is 7.82 Å². The summed E-state index contributed by atoms with van der Waals surface area (Å²) in [5.74, 6) is 1.68. The highest BCUT2D eigenvalue weighted by Gasteiger charge is 2.59. The number of phosphoric ester groups is 1. The first kappa shape index (κ1) is 18.2. The summed E-state index contributed by atoms with van der Waals surface area (Å²) in [5, 5.41) is 10.1. The van der Waals surface area contributed by atoms with Crippen molar-refractivity contribution in [2.24, 2.45) is 28.6 Å². The van der Waals surface area contributed by atoms with Gasteiger partial charge in [0.1, 0.15) is 0 Å². The zero-order valence-corrected chi connectivity index (χ0v) is 16.1. The monoisotopic (exact) mass is 370 g/mol. The van der Waals surface area contributed by atoms with Crippen LogP contribution in [0.25, 0.3) is 0 Å². The topological polar surface area (TPSA) is 87.0 Å². The maximum atomic E-state index is 11.4. The molecule has 0 radical (unpaired) electrons. The summed E-state index contributed by atoms with van der Waals surface area (Å²) in [5.41, 5.74) is 1.53. The minimum absolute atomic E-state index is 0.127. The van der Waals surface area contributed by atoms with Gasteiger partial charge in [-0.2, -0.15) is 0 Å². The average molecular weight is 370 g/mol. The molecule has 0 aromatic rings. The van der Waals surface area contributed by atoms with Gasteiger partial charge in [0, 0.05) is 0 Å². The predicted molar refractivity (Wildman–Crippen MR) is 94.6 cm³/mol. The molecule has 25 heavy (non-hydrogen) atoms. The summed E-state index contributed by atoms with van der Waals surface area (Å²) >= 11 is 0. The van der Waals surface area contributed by atoms with Crippen LogP contribution < -0.4 is 0 Å². The number of allylic oxidation sites excluding steroid dienone is 1. The second-order valence-corrected chi connectivity index (χ2v) is 10.6. The fourth-order valence-electron chi connectivity index (χ4n) is 6.93. The highest BCUT2D eigenvalue weighted by Crippen LogP contribution is 2.66. The van der Waals surface area contributed by atoms with Crippen molar-refractivity contribution in [3.63, 3.8) is 0 Å². The maximum Gasteiger partial charge on any atom is 0.469 e. The predicted octanol–water partition coefficient (Wildman–Crippen LogP) is 3.79. The van der Waals surface area contributed by atoms with E-state index in [1.165, 1.54) is 5.57 Å². The summed E-state index contributed by atoms with van der Waals surface area (Å²) in [4.78, 5) is 18.6. The van der Waals surface area contributed by atoms with Gasteiger partial charge in [0.05, 0.1) is 12.2 Å². The first-order valence-corrected chi connectivity index (χ1v) is 11.3. The summed E-state index contributed by atoms with van der Waals surface area (Å²) < 4.78 is 16.6. The van der Waals surface area contributed by atoms with Crippen molar-refractivity contribution in [3.8, 4) is 0 Å². The van der Waals surface area contributed by atoms with Crippen molar-refractivity contribution >= 4 is 7.82 Å². The Kier molecular flexibility index (Phi) is 4.29. The van der Waals surface area contributed by atoms with Crippen LogP contribution in [0.15, 0.2) is 11.6 Å². The van der Waals surface area contributed by atoms with Crippen molar-refractivity contribution in [3.05, 3.63) is 11.6 Å². The Balaban J connectivity index is 1.61. The summed E-state index contributed by atoms with van der Waals surface area (Å²) in [6, 6.07) is 0. The third kappa shape index (κ3) is 2.87. The maximum absolute atomic E-state index is 11.4. The number of hydrogen-bond donors (Lipinski definition) is 3. The number of aliphatic hydroxyl groups is 1. The number of aliphatic hydroxyl groups excluding tert-OH is 1. The molecule has 1 unspecified atom stereocenters. The molecule has 0 aliphatic heterocycles. The van der Waals surface area contributed by atoms with Crippen LogP contribution in [0.2, 0.25) is 0 Å². The normalized spacial score (nSPS) is 49.8. The summed E-state index contributed by atoms with van der Waals surface area (Å²) in [7, 11) is -4.44. The molecule has 7 atom stereocenters. The second-order valence-electron chi connectivity index (χ2n) is 9.36. The van der Waals surface area contributed by atoms with Crippen LogP contribution in [-0.2, 0) is 9.09 Å². The molecule has 4 aliphatic carbocycles. The number of hydrogen-bond acceptors (Lipinski definition) is 3. The molecule has 4 rings (SSSR count). The van der Waals surface area contributed by atoms with Gasteiger partial charge in [-0.3, -0.25) is 4.52 Å². The first-order valence-electron chi connectivity index (χ1n) is 9.75. The molecule has 0 spiro atoms. The van der Waals surface area contributed by atoms with E-state index in [1.807, 2.05) is 0 Å². The van der Waals surface area contributed by atoms with Gasteiger partial charge in [-0.25, -0.2) is 4.57 Å². The van der Waals surface area contributed by atoms with E-state index in [4.69, 9.17) is 4.52 Å². The molecule has 0 bridgehead atoms. The van der Waals surface area contributed by atoms with Crippen LogP contribution in [0.5, 0.6) is 0 Å². The van der Waals surface area contributed by atoms with Crippen molar-refractivity contribution in [1.82, 2.24) is 0 Å². The number of rotatable bonds is 2. The van der Waals surface area contributed by atoms with Gasteiger partial charge >= 0.3 is 7.82 Å². The molecule has 3 saturated carbocycles. The van der Waals surface area contributed by atoms with Gasteiger partial charge in [-0.1, -0.05) is 25.5 Å². The average Bonchev–Trinajstić information content (AvgIpc) is 2.83. The van der Waals surface area contributed by atoms with Crippen molar-refractivity contribution in [1.29, 1.82) is 0 Å². The molecule has 0 aromatic carbocycles. The Hall–Kier alpha value is -0.190. The van der Waals surface area contributed by atoms with Crippen molar-refractivity contribution < 1.29 is 24.0 Å². The molecule has 142 valence electrons. The minimum Gasteiger partial charge on any atom is -0.393 e. The highest BCUT2D eigenvalue weighted by atomic mass is 31.2. The molecule has 3 fully saturated rings. The molecule has 3 N–H and O–H groups in total. The summed E-state index contributed by atoms with van der Waals surface area (Å²) in [6.45, 7) is 4.58. The lowest BCUT2D eigenvalue weighted by molar-refractivity contribution is -0.0695. The fourth-order valence-corrected chi connectivity index (χ4v) is 7.61. The lowest BCUT2D eigenvalue weighted by Gasteiger charge is -2.57. The van der Waals surface area contributed by atoms with E-state index in [0.29, 0.717) is 17.8 Å². The largest absolute Gasteiger partial charge is 0.469 e. The third-order valence-corrected chi connectivity index (χ3v) is 8.78. The molecular formula is C19H31O5P. The number of fused-ring (bicyclic) bond motifs is 5. The van der Waals surface area contributed by atoms with E-state index in [0.717, 1.165) is 51.4 Å². The highest BCUT2D eigenvalue weighted by molar-refractivity contribution is 7.46. The van der Waals surface area contributed by atoms with E-state index >= 15 is 0 Å². The molecule has 0 saturated heterocycles. The number of phosphoric acid groups is 1. The fraction of sp³-hybridized carbons (Fsp3) is 0.895. The van der Waals surface area contributed by atoms with Crippen molar-refractivity contribution in [2.45, 2.75) is 77.4 Å². The molecule has 6 heteroatoms. The van der Waals surface area contributed by atoms with Gasteiger partial charge in [0.15, 0.2) is 0 Å². The van der Waals surface area contributed by atoms with E-state index in [2.05, 4.69) is 19.9 Å². The van der Waals surface area contributed by atoms with Gasteiger partial charge in [-0.15, -0.1) is 0 Å². The van der Waals surface area contributed by atoms with Crippen LogP contribution in [0.3, 0.4) is 0 Å². The van der Waals surface area contributed by atoms with Gasteiger partial charge < -0.3 is 14.9 Å². The molecule has 0 heterocycles. The van der Waals surface area contributed by atoms with Crippen LogP contribution in [0.4, 0.5) is 0 Å². The molecular weight excluding hydrogens is 339 g/mol. The Morgan fingerprint density at radius 1 is 1.12 bits per heavy atom. The van der Waals surface area contributed by atoms with Gasteiger partial charge in [0.2, 0.25) is 0 Å². The Morgan fingerprint density at radius 3 is 2.60 bits per heavy atom. The SMILES string of the molecule is C[C@]12CC[C@H]3[C@@H](CC=C4CC(O)CC[C@@]43C)[C@@H]1CC[C@@H]2OP(=O)(O)O. The van der Waals surface area contributed by atoms with E-state index < -0.39 is 7.82 Å². The zero-order valence-electron chi connectivity index (χ0n) is 15.2. The quantitative estimate of drug-likeness (QED) is 0.509. The molecule has 0 aromatic heterocycles. The van der Waals surface area contributed by atoms with Crippen LogP contribution in [-0.4, -0.2) is 27.1 Å². The van der Waals surface area contributed by atoms with Crippen molar-refractivity contribution in [2.75, 3.05) is 0 Å². The molecule has 0 amide bonds. The van der Waals surface area contributed by atoms with Gasteiger partial charge in [-0.05, 0) is 80.0 Å². The van der Waals surface area contributed by atoms with E-state index in [-0.39, 0.29) is 23.0 Å². The Bertz CT molecular complexity index is 627. The lowest BCUT2D eigenvalue weighted by Crippen LogP contribution is -2.51. The summed E-state index contributed by atoms with van der Waals surface area (Å²) in [6.07, 6.45) is 9.53. The smallest absolute Gasteiger partial charge is 0.393 e. The molecule has 4 aliphatic rings. The minimum atomic E-state index is -4.44. The standard InChI is InChI=1S/C19H31O5P/c1-18-9-7-13(20)11-12(18)3-4-14-15-5-6-17(24-25(21,22)23)19(15,2)10-8-16(14)18/h3,13-17,20H,4-11H2,1-2H3,(H2,21,22,23)/t13?,14-,15-,16-,17-,18-,19-/m0/s1. The molecule has 5 nitrogen and oxygen atoms in total. The van der Waals surface area contributed by atoms with E-state index in [9.17, 15) is 19.5 Å². The Labute approximate surface area is 150 Å². The third-order valence-electron chi connectivity index (χ3n) is 8.26. The van der Waals surface area contributed by atoms with Crippen LogP contribution in [0.1, 0.15) is 65.2 Å². The van der Waals surface area contributed by atoms with Gasteiger partial charge in [0.25, 0.3) is 0 Å². The first-order chi connectivity index (χ1) is 11.6. The lowest BCUT2D eigenvalue weighted by atomic mass is 9.48. The second kappa shape index (κ2) is 5.90.